The molecule has 0 bridgehead atoms. The Morgan fingerprint density at radius 1 is 0.387 bits per heavy atom. The van der Waals surface area contributed by atoms with Crippen LogP contribution in [0, 0.1) is 6.85 Å². The van der Waals surface area contributed by atoms with Gasteiger partial charge in [-0.3, -0.25) is 0 Å². The average Bonchev–Trinajstić information content (AvgIpc) is 3.83. The van der Waals surface area contributed by atoms with Crippen LogP contribution in [0.5, 0.6) is 0 Å². The van der Waals surface area contributed by atoms with Gasteiger partial charge in [0.05, 0.1) is 11.1 Å². The normalized spacial score (nSPS) is 15.7. The molecule has 0 saturated carbocycles. The van der Waals surface area contributed by atoms with Gasteiger partial charge >= 0.3 is 0 Å². The molecule has 0 heterocycles. The van der Waals surface area contributed by atoms with Gasteiger partial charge in [-0.25, -0.2) is 0 Å². The predicted molar refractivity (Wildman–Crippen MR) is 263 cm³/mol. The highest BCUT2D eigenvalue weighted by Gasteiger charge is 2.52. The maximum Gasteiger partial charge on any atom is 0.0726 e. The first-order valence-corrected chi connectivity index (χ1v) is 22.2. The molecule has 0 aromatic heterocycles. The fourth-order valence-corrected chi connectivity index (χ4v) is 11.1. The zero-order valence-electron chi connectivity index (χ0n) is 40.1. The quantitative estimate of drug-likeness (QED) is 0.171. The topological polar surface area (TPSA) is 3.24 Å². The maximum atomic E-state index is 8.65. The van der Waals surface area contributed by atoms with Crippen LogP contribution in [0.4, 0.5) is 17.1 Å². The van der Waals surface area contributed by atoms with Crippen molar-refractivity contribution < 1.29 is 4.11 Å². The van der Waals surface area contributed by atoms with Gasteiger partial charge in [0, 0.05) is 26.5 Å². The molecule has 1 spiro atoms. The van der Waals surface area contributed by atoms with Crippen molar-refractivity contribution in [2.75, 3.05) is 4.90 Å². The van der Waals surface area contributed by atoms with E-state index in [0.717, 1.165) is 22.6 Å². The Hall–Kier alpha value is -6.44. The molecule has 8 aromatic rings. The van der Waals surface area contributed by atoms with E-state index in [0.29, 0.717) is 11.1 Å². The molecule has 0 aliphatic heterocycles. The Morgan fingerprint density at radius 3 is 1.39 bits per heavy atom. The van der Waals surface area contributed by atoms with Crippen molar-refractivity contribution in [3.05, 3.63) is 220 Å². The van der Waals surface area contributed by atoms with E-state index in [1.54, 1.807) is 6.07 Å². The van der Waals surface area contributed by atoms with Crippen molar-refractivity contribution >= 4 is 17.1 Å². The Bertz CT molecular complexity index is 3200. The second-order valence-corrected chi connectivity index (χ2v) is 20.3. The number of hydrogen-bond donors (Lipinski definition) is 0. The van der Waals surface area contributed by atoms with E-state index >= 15 is 0 Å². The summed E-state index contributed by atoms with van der Waals surface area (Å²) in [6.07, 6.45) is 0. The summed E-state index contributed by atoms with van der Waals surface area (Å²) in [4.78, 5) is 2.38. The second-order valence-electron chi connectivity index (χ2n) is 20.3. The molecule has 0 atom stereocenters. The monoisotopic (exact) mass is 804 g/mol. The van der Waals surface area contributed by atoms with Gasteiger partial charge in [-0.15, -0.1) is 0 Å². The van der Waals surface area contributed by atoms with Gasteiger partial charge in [0.1, 0.15) is 0 Å². The number of anilines is 3. The molecule has 3 aliphatic rings. The van der Waals surface area contributed by atoms with Crippen LogP contribution in [0.25, 0.3) is 44.5 Å². The number of rotatable bonds is 4. The molecule has 0 N–H and O–H groups in total. The molecule has 3 aliphatic carbocycles. The Kier molecular flexibility index (Phi) is 7.54. The van der Waals surface area contributed by atoms with Crippen molar-refractivity contribution in [2.24, 2.45) is 0 Å². The summed E-state index contributed by atoms with van der Waals surface area (Å²) < 4.78 is 25.9. The summed E-state index contributed by atoms with van der Waals surface area (Å²) in [6.45, 7) is 16.2. The standard InChI is InChI=1S/C61H55N/c1-38-18-10-11-19-43(38)50-22-14-17-25-57(50)62(41-28-32-46-44-20-12-15-23-51(44)60(8,9)53(46)36-41)42-29-33-49-45-21-13-16-24-52(45)61(56(49)37-42)54-34-39(58(2,3)4)26-30-47(54)48-31-27-40(35-55(48)61)59(5,6)7/h10-37H,1-9H3/i1D3. The maximum absolute atomic E-state index is 8.65. The minimum absolute atomic E-state index is 0.0586. The molecule has 62 heavy (non-hydrogen) atoms. The SMILES string of the molecule is [2H]C([2H])([2H])c1ccccc1-c1ccccc1N(c1ccc2c(c1)C(C)(C)c1ccccc1-2)c1ccc2c(c1)C1(c3ccccc3-2)c2cc(C(C)(C)C)ccc2-c2ccc(C(C)(C)C)cc21. The summed E-state index contributed by atoms with van der Waals surface area (Å²) in [7, 11) is 0. The third-order valence-electron chi connectivity index (χ3n) is 14.3. The van der Waals surface area contributed by atoms with Crippen molar-refractivity contribution in [3.63, 3.8) is 0 Å². The molecule has 1 nitrogen and oxygen atoms in total. The van der Waals surface area contributed by atoms with Crippen LogP contribution in [-0.4, -0.2) is 0 Å². The van der Waals surface area contributed by atoms with Crippen LogP contribution >= 0.6 is 0 Å². The summed E-state index contributed by atoms with van der Waals surface area (Å²) in [5, 5.41) is 0. The molecule has 0 radical (unpaired) electrons. The minimum atomic E-state index is -2.30. The van der Waals surface area contributed by atoms with Gasteiger partial charge in [-0.1, -0.05) is 195 Å². The first-order valence-electron chi connectivity index (χ1n) is 23.7. The van der Waals surface area contributed by atoms with Crippen molar-refractivity contribution in [1.82, 2.24) is 0 Å². The van der Waals surface area contributed by atoms with Crippen molar-refractivity contribution in [1.29, 1.82) is 0 Å². The fraction of sp³-hybridized carbons (Fsp3) is 0.213. The van der Waals surface area contributed by atoms with E-state index in [9.17, 15) is 0 Å². The van der Waals surface area contributed by atoms with Gasteiger partial charge in [0.2, 0.25) is 0 Å². The van der Waals surface area contributed by atoms with Gasteiger partial charge in [0.15, 0.2) is 0 Å². The van der Waals surface area contributed by atoms with E-state index in [1.165, 1.54) is 77.9 Å². The first kappa shape index (κ1) is 35.2. The summed E-state index contributed by atoms with van der Waals surface area (Å²) >= 11 is 0. The fourth-order valence-electron chi connectivity index (χ4n) is 11.1. The molecule has 0 amide bonds. The third kappa shape index (κ3) is 5.40. The van der Waals surface area contributed by atoms with Crippen molar-refractivity contribution in [3.8, 4) is 44.5 Å². The van der Waals surface area contributed by atoms with E-state index in [-0.39, 0.29) is 16.2 Å². The van der Waals surface area contributed by atoms with Crippen LogP contribution in [0.1, 0.15) is 110 Å². The lowest BCUT2D eigenvalue weighted by Gasteiger charge is -2.34. The number of hydrogen-bond acceptors (Lipinski definition) is 1. The Morgan fingerprint density at radius 2 is 0.806 bits per heavy atom. The molecule has 0 saturated heterocycles. The molecule has 304 valence electrons. The predicted octanol–water partition coefficient (Wildman–Crippen LogP) is 16.4. The van der Waals surface area contributed by atoms with Crippen LogP contribution < -0.4 is 4.90 Å². The minimum Gasteiger partial charge on any atom is -0.310 e. The Balaban J connectivity index is 1.23. The van der Waals surface area contributed by atoms with Crippen LogP contribution in [0.2, 0.25) is 0 Å². The highest BCUT2D eigenvalue weighted by Crippen LogP contribution is 2.64. The smallest absolute Gasteiger partial charge is 0.0726 e. The van der Waals surface area contributed by atoms with Crippen LogP contribution in [0.15, 0.2) is 170 Å². The molecular weight excluding hydrogens is 747 g/mol. The molecule has 8 aromatic carbocycles. The van der Waals surface area contributed by atoms with Gasteiger partial charge < -0.3 is 4.90 Å². The molecule has 11 rings (SSSR count). The van der Waals surface area contributed by atoms with Gasteiger partial charge in [0.25, 0.3) is 0 Å². The zero-order valence-corrected chi connectivity index (χ0v) is 37.1. The molecule has 0 fully saturated rings. The number of para-hydroxylation sites is 1. The van der Waals surface area contributed by atoms with Crippen molar-refractivity contribution in [2.45, 2.75) is 83.9 Å². The van der Waals surface area contributed by atoms with E-state index in [1.807, 2.05) is 24.3 Å². The van der Waals surface area contributed by atoms with E-state index in [4.69, 9.17) is 4.11 Å². The molecule has 1 heteroatoms. The number of aryl methyl sites for hydroxylation is 1. The van der Waals surface area contributed by atoms with E-state index < -0.39 is 12.3 Å². The largest absolute Gasteiger partial charge is 0.310 e. The summed E-state index contributed by atoms with van der Waals surface area (Å²) in [5.41, 5.74) is 21.9. The number of nitrogens with zero attached hydrogens (tertiary/aromatic N) is 1. The number of benzene rings is 8. The average molecular weight is 805 g/mol. The summed E-state index contributed by atoms with van der Waals surface area (Å²) in [5.74, 6) is 0. The Labute approximate surface area is 373 Å². The lowest BCUT2D eigenvalue weighted by molar-refractivity contribution is 0.586. The van der Waals surface area contributed by atoms with Crippen LogP contribution in [0.3, 0.4) is 0 Å². The lowest BCUT2D eigenvalue weighted by atomic mass is 9.68. The highest BCUT2D eigenvalue weighted by atomic mass is 15.1. The zero-order chi connectivity index (χ0) is 45.4. The molecular formula is C61H55N. The molecule has 0 unspecified atom stereocenters. The first-order chi connectivity index (χ1) is 30.9. The lowest BCUT2D eigenvalue weighted by Crippen LogP contribution is -2.27. The van der Waals surface area contributed by atoms with Gasteiger partial charge in [-0.05, 0) is 137 Å². The highest BCUT2D eigenvalue weighted by molar-refractivity contribution is 5.98. The van der Waals surface area contributed by atoms with Gasteiger partial charge in [-0.2, -0.15) is 0 Å². The van der Waals surface area contributed by atoms with E-state index in [2.05, 4.69) is 200 Å². The second kappa shape index (κ2) is 13.3. The van der Waals surface area contributed by atoms with Crippen LogP contribution in [-0.2, 0) is 21.7 Å². The number of fused-ring (bicyclic) bond motifs is 13. The third-order valence-corrected chi connectivity index (χ3v) is 14.3. The summed E-state index contributed by atoms with van der Waals surface area (Å²) in [6, 6.07) is 62.1.